The molecule has 0 aliphatic rings. The highest BCUT2D eigenvalue weighted by Gasteiger charge is 2.22. The van der Waals surface area contributed by atoms with Crippen molar-refractivity contribution in [3.8, 4) is 5.75 Å². The minimum Gasteiger partial charge on any atom is -0.496 e. The SMILES string of the molecule is COc1ccc(Br)cc1CC(C)(O)CC=O. The lowest BCUT2D eigenvalue weighted by Crippen LogP contribution is -2.27. The van der Waals surface area contributed by atoms with Gasteiger partial charge in [-0.15, -0.1) is 0 Å². The number of halogens is 1. The first-order chi connectivity index (χ1) is 7.48. The molecule has 0 aliphatic heterocycles. The zero-order valence-corrected chi connectivity index (χ0v) is 11.0. The summed E-state index contributed by atoms with van der Waals surface area (Å²) in [4.78, 5) is 10.4. The summed E-state index contributed by atoms with van der Waals surface area (Å²) < 4.78 is 6.13. The van der Waals surface area contributed by atoms with E-state index < -0.39 is 5.60 Å². The minimum absolute atomic E-state index is 0.114. The zero-order chi connectivity index (χ0) is 12.2. The van der Waals surface area contributed by atoms with E-state index in [1.807, 2.05) is 18.2 Å². The van der Waals surface area contributed by atoms with Gasteiger partial charge < -0.3 is 14.6 Å². The molecule has 0 aliphatic carbocycles. The number of aliphatic hydroxyl groups is 1. The molecule has 0 saturated carbocycles. The smallest absolute Gasteiger partial charge is 0.122 e. The van der Waals surface area contributed by atoms with E-state index in [0.717, 1.165) is 22.1 Å². The fourth-order valence-corrected chi connectivity index (χ4v) is 1.96. The van der Waals surface area contributed by atoms with Crippen LogP contribution in [0.2, 0.25) is 0 Å². The molecular weight excluding hydrogens is 272 g/mol. The Balaban J connectivity index is 2.94. The van der Waals surface area contributed by atoms with Crippen molar-refractivity contribution in [1.82, 2.24) is 0 Å². The van der Waals surface area contributed by atoms with Gasteiger partial charge in [0.15, 0.2) is 0 Å². The second-order valence-electron chi connectivity index (χ2n) is 4.00. The van der Waals surface area contributed by atoms with Crippen molar-refractivity contribution in [2.75, 3.05) is 7.11 Å². The molecule has 3 nitrogen and oxygen atoms in total. The maximum atomic E-state index is 10.4. The van der Waals surface area contributed by atoms with Crippen LogP contribution in [0, 0.1) is 0 Å². The fourth-order valence-electron chi connectivity index (χ4n) is 1.55. The summed E-state index contributed by atoms with van der Waals surface area (Å²) in [7, 11) is 1.58. The predicted octanol–water partition coefficient (Wildman–Crippen LogP) is 2.34. The third-order valence-electron chi connectivity index (χ3n) is 2.34. The Hall–Kier alpha value is -0.870. The third-order valence-corrected chi connectivity index (χ3v) is 2.83. The molecule has 88 valence electrons. The molecule has 4 heteroatoms. The van der Waals surface area contributed by atoms with Crippen LogP contribution in [-0.4, -0.2) is 24.1 Å². The highest BCUT2D eigenvalue weighted by atomic mass is 79.9. The van der Waals surface area contributed by atoms with Gasteiger partial charge in [0.25, 0.3) is 0 Å². The van der Waals surface area contributed by atoms with Crippen molar-refractivity contribution in [1.29, 1.82) is 0 Å². The Bertz CT molecular complexity index is 375. The van der Waals surface area contributed by atoms with Crippen LogP contribution in [0.1, 0.15) is 18.9 Å². The Kier molecular flexibility index (Phi) is 4.50. The molecule has 16 heavy (non-hydrogen) atoms. The van der Waals surface area contributed by atoms with Gasteiger partial charge in [-0.25, -0.2) is 0 Å². The van der Waals surface area contributed by atoms with Crippen molar-refractivity contribution >= 4 is 22.2 Å². The summed E-state index contributed by atoms with van der Waals surface area (Å²) in [5.74, 6) is 0.717. The van der Waals surface area contributed by atoms with Gasteiger partial charge in [-0.05, 0) is 30.7 Å². The molecule has 1 aromatic carbocycles. The summed E-state index contributed by atoms with van der Waals surface area (Å²) in [5.41, 5.74) is -0.153. The number of methoxy groups -OCH3 is 1. The van der Waals surface area contributed by atoms with E-state index in [0.29, 0.717) is 6.42 Å². The molecule has 0 amide bonds. The van der Waals surface area contributed by atoms with Crippen molar-refractivity contribution < 1.29 is 14.6 Å². The van der Waals surface area contributed by atoms with Gasteiger partial charge >= 0.3 is 0 Å². The van der Waals surface area contributed by atoms with Gasteiger partial charge in [-0.2, -0.15) is 0 Å². The van der Waals surface area contributed by atoms with Gasteiger partial charge in [0, 0.05) is 17.3 Å². The lowest BCUT2D eigenvalue weighted by atomic mass is 9.93. The van der Waals surface area contributed by atoms with Gasteiger partial charge in [-0.3, -0.25) is 0 Å². The highest BCUT2D eigenvalue weighted by Crippen LogP contribution is 2.27. The standard InChI is InChI=1S/C12H15BrO3/c1-12(15,5-6-14)8-9-7-10(13)3-4-11(9)16-2/h3-4,6-7,15H,5,8H2,1-2H3. The Morgan fingerprint density at radius 1 is 1.56 bits per heavy atom. The Labute approximate surface area is 104 Å². The average molecular weight is 287 g/mol. The molecule has 1 unspecified atom stereocenters. The van der Waals surface area contributed by atoms with Crippen LogP contribution in [0.25, 0.3) is 0 Å². The van der Waals surface area contributed by atoms with Crippen LogP contribution in [0.15, 0.2) is 22.7 Å². The maximum absolute atomic E-state index is 10.4. The van der Waals surface area contributed by atoms with Crippen LogP contribution in [0.4, 0.5) is 0 Å². The van der Waals surface area contributed by atoms with Crippen LogP contribution < -0.4 is 4.74 Å². The number of ether oxygens (including phenoxy) is 1. The molecule has 0 saturated heterocycles. The van der Waals surface area contributed by atoms with E-state index in [1.54, 1.807) is 14.0 Å². The van der Waals surface area contributed by atoms with E-state index in [1.165, 1.54) is 0 Å². The largest absolute Gasteiger partial charge is 0.496 e. The summed E-state index contributed by atoms with van der Waals surface area (Å²) in [6.07, 6.45) is 1.22. The number of aldehydes is 1. The number of benzene rings is 1. The first-order valence-corrected chi connectivity index (χ1v) is 5.76. The third kappa shape index (κ3) is 3.61. The van der Waals surface area contributed by atoms with E-state index in [9.17, 15) is 9.90 Å². The lowest BCUT2D eigenvalue weighted by Gasteiger charge is -2.21. The fraction of sp³-hybridized carbons (Fsp3) is 0.417. The van der Waals surface area contributed by atoms with Gasteiger partial charge in [0.1, 0.15) is 12.0 Å². The van der Waals surface area contributed by atoms with Crippen LogP contribution >= 0.6 is 15.9 Å². The molecule has 0 aromatic heterocycles. The first kappa shape index (κ1) is 13.2. The van der Waals surface area contributed by atoms with Gasteiger partial charge in [0.2, 0.25) is 0 Å². The summed E-state index contributed by atoms with van der Waals surface area (Å²) >= 11 is 3.37. The van der Waals surface area contributed by atoms with Gasteiger partial charge in [0.05, 0.1) is 12.7 Å². The molecule has 0 fully saturated rings. The summed E-state index contributed by atoms with van der Waals surface area (Å²) in [6, 6.07) is 5.59. The number of carbonyl (C=O) groups excluding carboxylic acids is 1. The predicted molar refractivity (Wildman–Crippen MR) is 65.7 cm³/mol. The number of hydrogen-bond donors (Lipinski definition) is 1. The quantitative estimate of drug-likeness (QED) is 0.845. The van der Waals surface area contributed by atoms with Crippen molar-refractivity contribution in [2.24, 2.45) is 0 Å². The van der Waals surface area contributed by atoms with E-state index in [-0.39, 0.29) is 6.42 Å². The molecule has 1 rings (SSSR count). The summed E-state index contributed by atoms with van der Waals surface area (Å²) in [6.45, 7) is 1.64. The normalized spacial score (nSPS) is 14.2. The number of rotatable bonds is 5. The number of hydrogen-bond acceptors (Lipinski definition) is 3. The van der Waals surface area contributed by atoms with E-state index >= 15 is 0 Å². The van der Waals surface area contributed by atoms with E-state index in [4.69, 9.17) is 4.74 Å². The van der Waals surface area contributed by atoms with Crippen LogP contribution in [0.5, 0.6) is 5.75 Å². The Morgan fingerprint density at radius 3 is 2.81 bits per heavy atom. The molecule has 1 N–H and O–H groups in total. The van der Waals surface area contributed by atoms with E-state index in [2.05, 4.69) is 15.9 Å². The number of carbonyl (C=O) groups is 1. The topological polar surface area (TPSA) is 46.5 Å². The Morgan fingerprint density at radius 2 is 2.25 bits per heavy atom. The maximum Gasteiger partial charge on any atom is 0.122 e. The second-order valence-corrected chi connectivity index (χ2v) is 4.92. The molecule has 0 heterocycles. The average Bonchev–Trinajstić information content (AvgIpc) is 2.17. The molecular formula is C12H15BrO3. The van der Waals surface area contributed by atoms with Crippen LogP contribution in [-0.2, 0) is 11.2 Å². The monoisotopic (exact) mass is 286 g/mol. The molecule has 0 bridgehead atoms. The van der Waals surface area contributed by atoms with Crippen LogP contribution in [0.3, 0.4) is 0 Å². The first-order valence-electron chi connectivity index (χ1n) is 4.97. The molecule has 0 radical (unpaired) electrons. The second kappa shape index (κ2) is 5.46. The van der Waals surface area contributed by atoms with Crippen molar-refractivity contribution in [2.45, 2.75) is 25.4 Å². The van der Waals surface area contributed by atoms with Crippen molar-refractivity contribution in [3.63, 3.8) is 0 Å². The molecule has 0 spiro atoms. The minimum atomic E-state index is -1.03. The van der Waals surface area contributed by atoms with Crippen molar-refractivity contribution in [3.05, 3.63) is 28.2 Å². The molecule has 1 aromatic rings. The zero-order valence-electron chi connectivity index (χ0n) is 9.37. The summed E-state index contributed by atoms with van der Waals surface area (Å²) in [5, 5.41) is 9.98. The lowest BCUT2D eigenvalue weighted by molar-refractivity contribution is -0.111. The highest BCUT2D eigenvalue weighted by molar-refractivity contribution is 9.10. The van der Waals surface area contributed by atoms with Gasteiger partial charge in [-0.1, -0.05) is 15.9 Å². The molecule has 1 atom stereocenters.